The molecular weight excluding hydrogens is 318 g/mol. The monoisotopic (exact) mass is 353 g/mol. The summed E-state index contributed by atoms with van der Waals surface area (Å²) in [7, 11) is 0. The van der Waals surface area contributed by atoms with E-state index >= 15 is 0 Å². The van der Waals surface area contributed by atoms with E-state index in [-0.39, 0.29) is 12.5 Å². The molecule has 2 aromatic carbocycles. The zero-order valence-electron chi connectivity index (χ0n) is 16.7. The van der Waals surface area contributed by atoms with Crippen LogP contribution in [0.3, 0.4) is 0 Å². The molecule has 1 fully saturated rings. The average molecular weight is 354 g/mol. The molecule has 1 unspecified atom stereocenters. The maximum atomic E-state index is 9.47. The molecule has 2 aromatic rings. The summed E-state index contributed by atoms with van der Waals surface area (Å²) < 4.78 is 0. The summed E-state index contributed by atoms with van der Waals surface area (Å²) in [6.45, 7) is 7.76. The predicted octanol–water partition coefficient (Wildman–Crippen LogP) is 5.27. The van der Waals surface area contributed by atoms with Gasteiger partial charge in [0.05, 0.1) is 6.61 Å². The first-order valence-electron chi connectivity index (χ1n) is 10.2. The largest absolute Gasteiger partial charge is 0.396 e. The summed E-state index contributed by atoms with van der Waals surface area (Å²) >= 11 is 0. The average Bonchev–Trinajstić information content (AvgIpc) is 2.62. The van der Waals surface area contributed by atoms with E-state index in [1.807, 2.05) is 0 Å². The molecule has 0 aromatic heterocycles. The van der Waals surface area contributed by atoms with Crippen molar-refractivity contribution < 1.29 is 5.11 Å². The third-order valence-corrected chi connectivity index (χ3v) is 6.50. The second-order valence-electron chi connectivity index (χ2n) is 9.34. The van der Waals surface area contributed by atoms with Crippen molar-refractivity contribution in [1.29, 1.82) is 0 Å². The van der Waals surface area contributed by atoms with Crippen molar-refractivity contribution in [1.82, 2.24) is 0 Å². The van der Waals surface area contributed by atoms with Crippen LogP contribution in [-0.2, 0) is 6.42 Å². The zero-order valence-corrected chi connectivity index (χ0v) is 16.7. The molecule has 0 saturated heterocycles. The molecule has 3 N–H and O–H groups in total. The summed E-state index contributed by atoms with van der Waals surface area (Å²) in [5.41, 5.74) is 8.82. The molecule has 0 amide bonds. The van der Waals surface area contributed by atoms with Gasteiger partial charge in [-0.25, -0.2) is 0 Å². The van der Waals surface area contributed by atoms with Crippen LogP contribution in [0, 0.1) is 17.3 Å². The lowest BCUT2D eigenvalue weighted by Gasteiger charge is -2.37. The standard InChI is InChI=1S/C24H35NO/c1-24(2,3)23-10-5-17(6-11-23)12-18-4-7-20-14-21(22(15-25)16-26)9-8-19(20)13-18/h4,7-9,13-14,17,22-23,26H,5-6,10-12,15-16,25H2,1-3H3. The Balaban J connectivity index is 1.67. The highest BCUT2D eigenvalue weighted by Gasteiger charge is 2.29. The molecule has 1 saturated carbocycles. The number of hydrogen-bond donors (Lipinski definition) is 2. The van der Waals surface area contributed by atoms with Crippen LogP contribution in [0.5, 0.6) is 0 Å². The van der Waals surface area contributed by atoms with Gasteiger partial charge in [-0.05, 0) is 71.3 Å². The number of nitrogens with two attached hydrogens (primary N) is 1. The minimum absolute atomic E-state index is 0.0390. The van der Waals surface area contributed by atoms with Crippen molar-refractivity contribution in [2.75, 3.05) is 13.2 Å². The molecular formula is C24H35NO. The van der Waals surface area contributed by atoms with Crippen LogP contribution in [0.4, 0.5) is 0 Å². The van der Waals surface area contributed by atoms with Crippen molar-refractivity contribution in [3.63, 3.8) is 0 Å². The fourth-order valence-electron chi connectivity index (χ4n) is 4.58. The molecule has 1 aliphatic carbocycles. The van der Waals surface area contributed by atoms with E-state index in [1.165, 1.54) is 48.4 Å². The van der Waals surface area contributed by atoms with E-state index in [9.17, 15) is 5.11 Å². The van der Waals surface area contributed by atoms with Crippen LogP contribution in [0.1, 0.15) is 63.5 Å². The molecule has 26 heavy (non-hydrogen) atoms. The SMILES string of the molecule is CC(C)(C)C1CCC(Cc2ccc3cc(C(CN)CO)ccc3c2)CC1. The molecule has 142 valence electrons. The van der Waals surface area contributed by atoms with E-state index in [0.29, 0.717) is 12.0 Å². The Morgan fingerprint density at radius 3 is 2.27 bits per heavy atom. The summed E-state index contributed by atoms with van der Waals surface area (Å²) in [6.07, 6.45) is 6.71. The number of aliphatic hydroxyl groups is 1. The molecule has 2 nitrogen and oxygen atoms in total. The fraction of sp³-hybridized carbons (Fsp3) is 0.583. The molecule has 2 heteroatoms. The summed E-state index contributed by atoms with van der Waals surface area (Å²) in [6, 6.07) is 13.4. The van der Waals surface area contributed by atoms with Gasteiger partial charge in [-0.1, -0.05) is 57.2 Å². The minimum atomic E-state index is 0.0390. The van der Waals surface area contributed by atoms with E-state index in [1.54, 1.807) is 0 Å². The molecule has 0 spiro atoms. The van der Waals surface area contributed by atoms with E-state index < -0.39 is 0 Å². The van der Waals surface area contributed by atoms with Crippen LogP contribution in [0.2, 0.25) is 0 Å². The molecule has 0 radical (unpaired) electrons. The maximum Gasteiger partial charge on any atom is 0.0511 e. The number of hydrogen-bond acceptors (Lipinski definition) is 2. The number of rotatable bonds is 5. The Morgan fingerprint density at radius 1 is 1.00 bits per heavy atom. The van der Waals surface area contributed by atoms with Crippen LogP contribution < -0.4 is 5.73 Å². The Labute approximate surface area is 158 Å². The quantitative estimate of drug-likeness (QED) is 0.769. The summed E-state index contributed by atoms with van der Waals surface area (Å²) in [5.74, 6) is 1.76. The zero-order chi connectivity index (χ0) is 18.7. The fourth-order valence-corrected chi connectivity index (χ4v) is 4.58. The van der Waals surface area contributed by atoms with Gasteiger partial charge in [-0.2, -0.15) is 0 Å². The second kappa shape index (κ2) is 8.10. The number of aliphatic hydroxyl groups excluding tert-OH is 1. The lowest BCUT2D eigenvalue weighted by molar-refractivity contribution is 0.150. The Hall–Kier alpha value is -1.38. The van der Waals surface area contributed by atoms with Crippen LogP contribution in [0.25, 0.3) is 10.8 Å². The third kappa shape index (κ3) is 4.47. The first kappa shape index (κ1) is 19.4. The lowest BCUT2D eigenvalue weighted by Crippen LogP contribution is -2.26. The van der Waals surface area contributed by atoms with Crippen molar-refractivity contribution >= 4 is 10.8 Å². The topological polar surface area (TPSA) is 46.2 Å². The Morgan fingerprint density at radius 2 is 1.65 bits per heavy atom. The first-order valence-corrected chi connectivity index (χ1v) is 10.2. The van der Waals surface area contributed by atoms with Crippen molar-refractivity contribution in [3.05, 3.63) is 47.5 Å². The summed E-state index contributed by atoms with van der Waals surface area (Å²) in [5, 5.41) is 12.0. The molecule has 3 rings (SSSR count). The van der Waals surface area contributed by atoms with Gasteiger partial charge in [0.1, 0.15) is 0 Å². The van der Waals surface area contributed by atoms with Crippen LogP contribution in [0.15, 0.2) is 36.4 Å². The maximum absolute atomic E-state index is 9.47. The molecule has 0 bridgehead atoms. The Bertz CT molecular complexity index is 719. The van der Waals surface area contributed by atoms with Gasteiger partial charge in [0.25, 0.3) is 0 Å². The Kier molecular flexibility index (Phi) is 6.04. The van der Waals surface area contributed by atoms with Crippen LogP contribution >= 0.6 is 0 Å². The second-order valence-corrected chi connectivity index (χ2v) is 9.34. The van der Waals surface area contributed by atoms with Gasteiger partial charge < -0.3 is 10.8 Å². The summed E-state index contributed by atoms with van der Waals surface area (Å²) in [4.78, 5) is 0. The highest BCUT2D eigenvalue weighted by Crippen LogP contribution is 2.40. The van der Waals surface area contributed by atoms with E-state index in [0.717, 1.165) is 17.4 Å². The molecule has 1 atom stereocenters. The van der Waals surface area contributed by atoms with Gasteiger partial charge in [0, 0.05) is 12.5 Å². The van der Waals surface area contributed by atoms with Gasteiger partial charge >= 0.3 is 0 Å². The normalized spacial score (nSPS) is 22.5. The van der Waals surface area contributed by atoms with Gasteiger partial charge in [-0.15, -0.1) is 0 Å². The minimum Gasteiger partial charge on any atom is -0.396 e. The van der Waals surface area contributed by atoms with Gasteiger partial charge in [0.15, 0.2) is 0 Å². The van der Waals surface area contributed by atoms with Gasteiger partial charge in [-0.3, -0.25) is 0 Å². The van der Waals surface area contributed by atoms with Crippen molar-refractivity contribution in [3.8, 4) is 0 Å². The number of benzene rings is 2. The van der Waals surface area contributed by atoms with Crippen molar-refractivity contribution in [2.24, 2.45) is 23.0 Å². The highest BCUT2D eigenvalue weighted by molar-refractivity contribution is 5.84. The molecule has 0 heterocycles. The predicted molar refractivity (Wildman–Crippen MR) is 111 cm³/mol. The highest BCUT2D eigenvalue weighted by atomic mass is 16.3. The third-order valence-electron chi connectivity index (χ3n) is 6.50. The smallest absolute Gasteiger partial charge is 0.0511 e. The number of fused-ring (bicyclic) bond motifs is 1. The van der Waals surface area contributed by atoms with Gasteiger partial charge in [0.2, 0.25) is 0 Å². The van der Waals surface area contributed by atoms with E-state index in [4.69, 9.17) is 5.73 Å². The van der Waals surface area contributed by atoms with Crippen molar-refractivity contribution in [2.45, 2.75) is 58.8 Å². The van der Waals surface area contributed by atoms with Crippen LogP contribution in [-0.4, -0.2) is 18.3 Å². The molecule has 1 aliphatic rings. The van der Waals surface area contributed by atoms with E-state index in [2.05, 4.69) is 57.2 Å². The first-order chi connectivity index (χ1) is 12.4. The lowest BCUT2D eigenvalue weighted by atomic mass is 9.69. The molecule has 0 aliphatic heterocycles.